The molecule has 4 nitrogen and oxygen atoms in total. The molecule has 1 heterocycles. The fraction of sp³-hybridized carbons (Fsp3) is 0.769. The van der Waals surface area contributed by atoms with E-state index in [2.05, 4.69) is 61.6 Å². The van der Waals surface area contributed by atoms with Gasteiger partial charge in [0.2, 0.25) is 0 Å². The Labute approximate surface area is 105 Å². The van der Waals surface area contributed by atoms with Gasteiger partial charge < -0.3 is 14.8 Å². The van der Waals surface area contributed by atoms with Crippen molar-refractivity contribution < 1.29 is 0 Å². The number of nitrogens with one attached hydrogen (secondary N) is 1. The van der Waals surface area contributed by atoms with Crippen molar-refractivity contribution in [2.75, 3.05) is 20.6 Å². The molecule has 1 unspecified atom stereocenters. The number of aromatic nitrogens is 2. The first-order valence-electron chi connectivity index (χ1n) is 6.36. The van der Waals surface area contributed by atoms with Crippen LogP contribution in [0.1, 0.15) is 39.6 Å². The number of hydrogen-bond donors (Lipinski definition) is 1. The lowest BCUT2D eigenvalue weighted by Crippen LogP contribution is -2.50. The average Bonchev–Trinajstić information content (AvgIpc) is 2.72. The third kappa shape index (κ3) is 2.87. The zero-order valence-electron chi connectivity index (χ0n) is 12.0. The second-order valence-electron chi connectivity index (χ2n) is 5.11. The smallest absolute Gasteiger partial charge is 0.127 e. The molecule has 0 aliphatic heterocycles. The summed E-state index contributed by atoms with van der Waals surface area (Å²) < 4.78 is 2.21. The van der Waals surface area contributed by atoms with Crippen molar-refractivity contribution in [3.63, 3.8) is 0 Å². The number of aryl methyl sites for hydroxylation is 1. The predicted molar refractivity (Wildman–Crippen MR) is 72.1 cm³/mol. The molecule has 0 saturated carbocycles. The van der Waals surface area contributed by atoms with E-state index in [1.165, 1.54) is 0 Å². The van der Waals surface area contributed by atoms with Crippen molar-refractivity contribution in [2.24, 2.45) is 0 Å². The van der Waals surface area contributed by atoms with E-state index < -0.39 is 0 Å². The van der Waals surface area contributed by atoms with Crippen LogP contribution in [0.3, 0.4) is 0 Å². The molecule has 0 fully saturated rings. The van der Waals surface area contributed by atoms with Crippen LogP contribution >= 0.6 is 0 Å². The fourth-order valence-corrected chi connectivity index (χ4v) is 1.97. The summed E-state index contributed by atoms with van der Waals surface area (Å²) in [7, 11) is 4.23. The Kier molecular flexibility index (Phi) is 4.71. The molecule has 4 heteroatoms. The van der Waals surface area contributed by atoms with Gasteiger partial charge in [0.05, 0.1) is 6.04 Å². The molecule has 0 aliphatic carbocycles. The van der Waals surface area contributed by atoms with Gasteiger partial charge in [0.1, 0.15) is 5.82 Å². The number of likely N-dealkylation sites (N-methyl/N-ethyl adjacent to an activating group) is 2. The van der Waals surface area contributed by atoms with Gasteiger partial charge in [0, 0.05) is 24.5 Å². The molecule has 1 aromatic rings. The zero-order chi connectivity index (χ0) is 13.1. The van der Waals surface area contributed by atoms with Gasteiger partial charge in [0.15, 0.2) is 0 Å². The van der Waals surface area contributed by atoms with Crippen LogP contribution in [0.4, 0.5) is 0 Å². The molecule has 0 radical (unpaired) electrons. The highest BCUT2D eigenvalue weighted by Gasteiger charge is 2.34. The molecular weight excluding hydrogens is 212 g/mol. The van der Waals surface area contributed by atoms with Gasteiger partial charge in [-0.2, -0.15) is 0 Å². The Morgan fingerprint density at radius 2 is 2.06 bits per heavy atom. The Balaban J connectivity index is 3.09. The number of imidazole rings is 1. The van der Waals surface area contributed by atoms with E-state index in [1.807, 2.05) is 12.4 Å². The average molecular weight is 238 g/mol. The summed E-state index contributed by atoms with van der Waals surface area (Å²) in [4.78, 5) is 6.77. The Hall–Kier alpha value is -0.870. The molecule has 1 N–H and O–H groups in total. The molecule has 0 bridgehead atoms. The van der Waals surface area contributed by atoms with Crippen molar-refractivity contribution in [3.8, 4) is 0 Å². The summed E-state index contributed by atoms with van der Waals surface area (Å²) in [6.07, 6.45) is 3.93. The maximum atomic E-state index is 4.53. The summed E-state index contributed by atoms with van der Waals surface area (Å²) in [5.41, 5.74) is 0.0221. The van der Waals surface area contributed by atoms with Crippen molar-refractivity contribution in [1.82, 2.24) is 19.8 Å². The van der Waals surface area contributed by atoms with E-state index in [4.69, 9.17) is 0 Å². The minimum Gasteiger partial charge on any atom is -0.334 e. The van der Waals surface area contributed by atoms with E-state index in [1.54, 1.807) is 0 Å². The van der Waals surface area contributed by atoms with Crippen LogP contribution in [0.15, 0.2) is 12.4 Å². The van der Waals surface area contributed by atoms with Crippen LogP contribution in [0, 0.1) is 0 Å². The highest BCUT2D eigenvalue weighted by molar-refractivity contribution is 5.08. The lowest BCUT2D eigenvalue weighted by atomic mass is 9.92. The van der Waals surface area contributed by atoms with E-state index in [0.717, 1.165) is 18.9 Å². The molecule has 0 aliphatic rings. The van der Waals surface area contributed by atoms with Crippen LogP contribution in [-0.2, 0) is 6.54 Å². The first kappa shape index (κ1) is 14.2. The SMILES string of the molecule is CCNC(c1nccn1CC)C(C)(C)N(C)C. The molecule has 0 saturated heterocycles. The monoisotopic (exact) mass is 238 g/mol. The van der Waals surface area contributed by atoms with Crippen LogP contribution in [0.25, 0.3) is 0 Å². The molecular formula is C13H26N4. The van der Waals surface area contributed by atoms with Crippen molar-refractivity contribution in [2.45, 2.75) is 45.8 Å². The number of rotatable bonds is 6. The second-order valence-corrected chi connectivity index (χ2v) is 5.11. The van der Waals surface area contributed by atoms with Gasteiger partial charge >= 0.3 is 0 Å². The van der Waals surface area contributed by atoms with Crippen LogP contribution in [0.2, 0.25) is 0 Å². The maximum absolute atomic E-state index is 4.53. The Morgan fingerprint density at radius 3 is 2.53 bits per heavy atom. The molecule has 17 heavy (non-hydrogen) atoms. The lowest BCUT2D eigenvalue weighted by molar-refractivity contribution is 0.132. The van der Waals surface area contributed by atoms with Gasteiger partial charge in [-0.05, 0) is 41.4 Å². The Morgan fingerprint density at radius 1 is 1.41 bits per heavy atom. The van der Waals surface area contributed by atoms with Gasteiger partial charge in [-0.25, -0.2) is 4.98 Å². The van der Waals surface area contributed by atoms with E-state index >= 15 is 0 Å². The van der Waals surface area contributed by atoms with Gasteiger partial charge in [-0.15, -0.1) is 0 Å². The van der Waals surface area contributed by atoms with Gasteiger partial charge in [-0.1, -0.05) is 6.92 Å². The summed E-state index contributed by atoms with van der Waals surface area (Å²) >= 11 is 0. The summed E-state index contributed by atoms with van der Waals surface area (Å²) in [5.74, 6) is 1.12. The standard InChI is InChI=1S/C13H26N4/c1-7-14-11(13(3,4)16(5)6)12-15-9-10-17(12)8-2/h9-11,14H,7-8H2,1-6H3. The molecule has 0 aromatic carbocycles. The largest absolute Gasteiger partial charge is 0.334 e. The molecule has 98 valence electrons. The second kappa shape index (κ2) is 5.65. The van der Waals surface area contributed by atoms with Gasteiger partial charge in [-0.3, -0.25) is 0 Å². The highest BCUT2D eigenvalue weighted by atomic mass is 15.2. The molecule has 1 atom stereocenters. The van der Waals surface area contributed by atoms with Crippen molar-refractivity contribution in [1.29, 1.82) is 0 Å². The lowest BCUT2D eigenvalue weighted by Gasteiger charge is -2.40. The number of nitrogens with zero attached hydrogens (tertiary/aromatic N) is 3. The third-order valence-electron chi connectivity index (χ3n) is 3.61. The first-order chi connectivity index (χ1) is 7.95. The van der Waals surface area contributed by atoms with Crippen molar-refractivity contribution >= 4 is 0 Å². The number of hydrogen-bond acceptors (Lipinski definition) is 3. The topological polar surface area (TPSA) is 33.1 Å². The molecule has 0 amide bonds. The van der Waals surface area contributed by atoms with Gasteiger partial charge in [0.25, 0.3) is 0 Å². The van der Waals surface area contributed by atoms with Crippen molar-refractivity contribution in [3.05, 3.63) is 18.2 Å². The Bertz CT molecular complexity index is 341. The quantitative estimate of drug-likeness (QED) is 0.821. The maximum Gasteiger partial charge on any atom is 0.127 e. The normalized spacial score (nSPS) is 14.3. The molecule has 1 aromatic heterocycles. The summed E-state index contributed by atoms with van der Waals surface area (Å²) in [6, 6.07) is 0.234. The highest BCUT2D eigenvalue weighted by Crippen LogP contribution is 2.28. The zero-order valence-corrected chi connectivity index (χ0v) is 12.0. The first-order valence-corrected chi connectivity index (χ1v) is 6.36. The predicted octanol–water partition coefficient (Wildman–Crippen LogP) is 1.89. The van der Waals surface area contributed by atoms with Crippen LogP contribution < -0.4 is 5.32 Å². The molecule has 0 spiro atoms. The fourth-order valence-electron chi connectivity index (χ4n) is 1.97. The van der Waals surface area contributed by atoms with E-state index in [0.29, 0.717) is 0 Å². The van der Waals surface area contributed by atoms with E-state index in [-0.39, 0.29) is 11.6 Å². The molecule has 1 rings (SSSR count). The third-order valence-corrected chi connectivity index (χ3v) is 3.61. The van der Waals surface area contributed by atoms with Crippen LogP contribution in [-0.4, -0.2) is 40.6 Å². The minimum absolute atomic E-state index is 0.0221. The van der Waals surface area contributed by atoms with Crippen LogP contribution in [0.5, 0.6) is 0 Å². The summed E-state index contributed by atoms with van der Waals surface area (Å²) in [6.45, 7) is 10.7. The van der Waals surface area contributed by atoms with E-state index in [9.17, 15) is 0 Å². The minimum atomic E-state index is 0.0221. The summed E-state index contributed by atoms with van der Waals surface area (Å²) in [5, 5.41) is 3.56.